The molecule has 1 atom stereocenters. The van der Waals surface area contributed by atoms with Crippen molar-refractivity contribution < 1.29 is 9.90 Å². The Morgan fingerprint density at radius 1 is 1.45 bits per heavy atom. The Bertz CT molecular complexity index is 589. The third-order valence-electron chi connectivity index (χ3n) is 2.75. The number of nitrogens with one attached hydrogen (secondary N) is 1. The van der Waals surface area contributed by atoms with E-state index in [1.54, 1.807) is 6.07 Å². The number of alkyl halides is 1. The molecule has 6 heteroatoms. The highest BCUT2D eigenvalue weighted by atomic mass is 79.9. The molecule has 0 aliphatic carbocycles. The van der Waals surface area contributed by atoms with Crippen LogP contribution in [0, 0.1) is 0 Å². The van der Waals surface area contributed by atoms with E-state index in [0.29, 0.717) is 12.1 Å². The number of hydrogen-bond donors (Lipinski definition) is 2. The molecule has 2 aromatic rings. The molecule has 0 fully saturated rings. The van der Waals surface area contributed by atoms with E-state index in [0.717, 1.165) is 14.9 Å². The Labute approximate surface area is 134 Å². The lowest BCUT2D eigenvalue weighted by Gasteiger charge is -2.14. The number of carbonyl (C=O) groups is 1. The van der Waals surface area contributed by atoms with Gasteiger partial charge in [0.1, 0.15) is 5.88 Å². The summed E-state index contributed by atoms with van der Waals surface area (Å²) >= 11 is 10.4. The molecule has 2 N–H and O–H groups in total. The minimum atomic E-state index is -0.587. The molecule has 1 unspecified atom stereocenters. The Hall–Kier alpha value is -0.880. The van der Waals surface area contributed by atoms with E-state index < -0.39 is 6.10 Å². The third kappa shape index (κ3) is 4.06. The summed E-state index contributed by atoms with van der Waals surface area (Å²) in [4.78, 5) is 12.3. The Balaban J connectivity index is 2.20. The van der Waals surface area contributed by atoms with E-state index in [-0.39, 0.29) is 11.8 Å². The first-order chi connectivity index (χ1) is 9.60. The fraction of sp³-hybridized carbons (Fsp3) is 0.214. The van der Waals surface area contributed by atoms with Crippen LogP contribution in [0.1, 0.15) is 16.5 Å². The Morgan fingerprint density at radius 2 is 2.25 bits per heavy atom. The average molecular weight is 375 g/mol. The zero-order valence-electron chi connectivity index (χ0n) is 10.5. The van der Waals surface area contributed by atoms with Crippen LogP contribution in [-0.2, 0) is 11.2 Å². The Kier molecular flexibility index (Phi) is 5.60. The number of halogens is 2. The first-order valence-electron chi connectivity index (χ1n) is 5.96. The SMILES string of the molecule is O=C(CCl)Nc1ccc(Br)cc1CC(O)c1cccs1. The summed E-state index contributed by atoms with van der Waals surface area (Å²) in [5, 5.41) is 14.9. The van der Waals surface area contributed by atoms with E-state index >= 15 is 0 Å². The minimum absolute atomic E-state index is 0.0943. The molecule has 0 aliphatic rings. The average Bonchev–Trinajstić information content (AvgIpc) is 2.95. The molecule has 3 nitrogen and oxygen atoms in total. The highest BCUT2D eigenvalue weighted by Gasteiger charge is 2.14. The van der Waals surface area contributed by atoms with Crippen LogP contribution in [0.3, 0.4) is 0 Å². The molecular weight excluding hydrogens is 362 g/mol. The molecule has 0 spiro atoms. The minimum Gasteiger partial charge on any atom is -0.387 e. The molecule has 0 radical (unpaired) electrons. The second kappa shape index (κ2) is 7.22. The molecule has 20 heavy (non-hydrogen) atoms. The van der Waals surface area contributed by atoms with Crippen LogP contribution in [0.4, 0.5) is 5.69 Å². The van der Waals surface area contributed by atoms with Crippen molar-refractivity contribution in [2.45, 2.75) is 12.5 Å². The van der Waals surface area contributed by atoms with Crippen molar-refractivity contribution in [3.8, 4) is 0 Å². The number of carbonyl (C=O) groups excluding carboxylic acids is 1. The third-order valence-corrected chi connectivity index (χ3v) is 4.46. The number of benzene rings is 1. The molecule has 1 amide bonds. The van der Waals surface area contributed by atoms with Crippen LogP contribution in [0.25, 0.3) is 0 Å². The van der Waals surface area contributed by atoms with Gasteiger partial charge >= 0.3 is 0 Å². The van der Waals surface area contributed by atoms with Crippen molar-refractivity contribution in [1.29, 1.82) is 0 Å². The molecule has 0 bridgehead atoms. The van der Waals surface area contributed by atoms with Gasteiger partial charge in [-0.05, 0) is 35.2 Å². The predicted octanol–water partition coefficient (Wildman–Crippen LogP) is 3.96. The second-order valence-electron chi connectivity index (χ2n) is 4.22. The summed E-state index contributed by atoms with van der Waals surface area (Å²) < 4.78 is 0.898. The maximum absolute atomic E-state index is 11.4. The maximum Gasteiger partial charge on any atom is 0.239 e. The van der Waals surface area contributed by atoms with Crippen molar-refractivity contribution in [3.05, 3.63) is 50.6 Å². The van der Waals surface area contributed by atoms with Gasteiger partial charge in [0.25, 0.3) is 0 Å². The van der Waals surface area contributed by atoms with E-state index in [1.165, 1.54) is 11.3 Å². The summed E-state index contributed by atoms with van der Waals surface area (Å²) in [7, 11) is 0. The quantitative estimate of drug-likeness (QED) is 0.778. The standard InChI is InChI=1S/C14H13BrClNO2S/c15-10-3-4-11(17-14(19)8-16)9(6-10)7-12(18)13-2-1-5-20-13/h1-6,12,18H,7-8H2,(H,17,19). The molecule has 0 saturated carbocycles. The van der Waals surface area contributed by atoms with Crippen LogP contribution < -0.4 is 5.32 Å². The molecule has 0 aliphatic heterocycles. The molecule has 1 aromatic carbocycles. The van der Waals surface area contributed by atoms with E-state index in [9.17, 15) is 9.90 Å². The lowest BCUT2D eigenvalue weighted by atomic mass is 10.0. The van der Waals surface area contributed by atoms with Gasteiger partial charge in [0.15, 0.2) is 0 Å². The summed E-state index contributed by atoms with van der Waals surface area (Å²) in [6, 6.07) is 9.32. The second-order valence-corrected chi connectivity index (χ2v) is 6.38. The van der Waals surface area contributed by atoms with Crippen LogP contribution in [0.5, 0.6) is 0 Å². The number of aliphatic hydroxyl groups is 1. The normalized spacial score (nSPS) is 12.2. The smallest absolute Gasteiger partial charge is 0.239 e. The summed E-state index contributed by atoms with van der Waals surface area (Å²) in [6.07, 6.45) is -0.159. The fourth-order valence-electron chi connectivity index (χ4n) is 1.83. The van der Waals surface area contributed by atoms with Gasteiger partial charge in [0.2, 0.25) is 5.91 Å². The van der Waals surface area contributed by atoms with Crippen molar-refractivity contribution in [3.63, 3.8) is 0 Å². The number of rotatable bonds is 5. The van der Waals surface area contributed by atoms with Gasteiger partial charge in [0.05, 0.1) is 6.10 Å². The van der Waals surface area contributed by atoms with E-state index in [4.69, 9.17) is 11.6 Å². The summed E-state index contributed by atoms with van der Waals surface area (Å²) in [6.45, 7) is 0. The number of anilines is 1. The molecule has 2 rings (SSSR count). The number of amides is 1. The van der Waals surface area contributed by atoms with Crippen LogP contribution in [0.15, 0.2) is 40.2 Å². The van der Waals surface area contributed by atoms with Crippen LogP contribution >= 0.6 is 38.9 Å². The predicted molar refractivity (Wildman–Crippen MR) is 86.5 cm³/mol. The van der Waals surface area contributed by atoms with Crippen LogP contribution in [-0.4, -0.2) is 16.9 Å². The molecule has 1 aromatic heterocycles. The summed E-state index contributed by atoms with van der Waals surface area (Å²) in [5.74, 6) is -0.357. The summed E-state index contributed by atoms with van der Waals surface area (Å²) in [5.41, 5.74) is 1.54. The van der Waals surface area contributed by atoms with Crippen molar-refractivity contribution in [2.75, 3.05) is 11.2 Å². The monoisotopic (exact) mass is 373 g/mol. The highest BCUT2D eigenvalue weighted by molar-refractivity contribution is 9.10. The molecule has 106 valence electrons. The fourth-order valence-corrected chi connectivity index (χ4v) is 3.01. The first-order valence-corrected chi connectivity index (χ1v) is 8.16. The lowest BCUT2D eigenvalue weighted by molar-refractivity contribution is -0.113. The van der Waals surface area contributed by atoms with Gasteiger partial charge in [-0.1, -0.05) is 22.0 Å². The van der Waals surface area contributed by atoms with Gasteiger partial charge in [-0.3, -0.25) is 4.79 Å². The van der Waals surface area contributed by atoms with Crippen molar-refractivity contribution >= 4 is 50.5 Å². The van der Waals surface area contributed by atoms with Gasteiger partial charge < -0.3 is 10.4 Å². The van der Waals surface area contributed by atoms with Crippen molar-refractivity contribution in [1.82, 2.24) is 0 Å². The highest BCUT2D eigenvalue weighted by Crippen LogP contribution is 2.28. The van der Waals surface area contributed by atoms with Gasteiger partial charge in [-0.15, -0.1) is 22.9 Å². The Morgan fingerprint density at radius 3 is 2.90 bits per heavy atom. The lowest BCUT2D eigenvalue weighted by Crippen LogP contribution is -2.14. The molecular formula is C14H13BrClNO2S. The maximum atomic E-state index is 11.4. The zero-order valence-corrected chi connectivity index (χ0v) is 13.6. The first kappa shape index (κ1) is 15.5. The van der Waals surface area contributed by atoms with Crippen LogP contribution in [0.2, 0.25) is 0 Å². The molecule has 1 heterocycles. The number of aliphatic hydroxyl groups excluding tert-OH is 1. The van der Waals surface area contributed by atoms with E-state index in [2.05, 4.69) is 21.2 Å². The number of thiophene rings is 1. The zero-order chi connectivity index (χ0) is 14.5. The topological polar surface area (TPSA) is 49.3 Å². The van der Waals surface area contributed by atoms with E-state index in [1.807, 2.05) is 29.6 Å². The number of hydrogen-bond acceptors (Lipinski definition) is 3. The van der Waals surface area contributed by atoms with Gasteiger partial charge in [-0.2, -0.15) is 0 Å². The van der Waals surface area contributed by atoms with Gasteiger partial charge in [0, 0.05) is 21.5 Å². The largest absolute Gasteiger partial charge is 0.387 e. The van der Waals surface area contributed by atoms with Gasteiger partial charge in [-0.25, -0.2) is 0 Å². The molecule has 0 saturated heterocycles. The van der Waals surface area contributed by atoms with Crippen molar-refractivity contribution in [2.24, 2.45) is 0 Å².